The lowest BCUT2D eigenvalue weighted by atomic mass is 10.3. The van der Waals surface area contributed by atoms with Crippen LogP contribution in [0.25, 0.3) is 0 Å². The monoisotopic (exact) mass is 293 g/mol. The van der Waals surface area contributed by atoms with Crippen molar-refractivity contribution in [1.29, 1.82) is 0 Å². The van der Waals surface area contributed by atoms with E-state index in [2.05, 4.69) is 15.9 Å². The van der Waals surface area contributed by atoms with Crippen LogP contribution in [0.5, 0.6) is 5.75 Å². The zero-order valence-electron chi connectivity index (χ0n) is 8.47. The minimum absolute atomic E-state index is 0.0947. The topological polar surface area (TPSA) is 46.6 Å². The molecule has 0 aromatic heterocycles. The van der Waals surface area contributed by atoms with Gasteiger partial charge in [-0.25, -0.2) is 8.42 Å². The maximum Gasteiger partial charge on any atom is 0.244 e. The molecule has 0 saturated carbocycles. The van der Waals surface area contributed by atoms with E-state index >= 15 is 0 Å². The third kappa shape index (κ3) is 2.85. The van der Waals surface area contributed by atoms with E-state index in [9.17, 15) is 8.42 Å². The minimum Gasteiger partial charge on any atom is -0.497 e. The molecule has 6 heteroatoms. The molecule has 0 radical (unpaired) electrons. The SMILES string of the molecule is COc1ccc(N(C)S(=O)(=O)CBr)cc1. The van der Waals surface area contributed by atoms with Crippen molar-refractivity contribution in [2.24, 2.45) is 0 Å². The van der Waals surface area contributed by atoms with Crippen LogP contribution < -0.4 is 9.04 Å². The maximum absolute atomic E-state index is 11.5. The first kappa shape index (κ1) is 12.3. The molecule has 0 saturated heterocycles. The highest BCUT2D eigenvalue weighted by Crippen LogP contribution is 2.20. The Morgan fingerprint density at radius 1 is 1.33 bits per heavy atom. The number of hydrogen-bond acceptors (Lipinski definition) is 3. The summed E-state index contributed by atoms with van der Waals surface area (Å²) in [6.07, 6.45) is 0. The Morgan fingerprint density at radius 3 is 2.27 bits per heavy atom. The lowest BCUT2D eigenvalue weighted by molar-refractivity contribution is 0.415. The Morgan fingerprint density at radius 2 is 1.87 bits per heavy atom. The van der Waals surface area contributed by atoms with E-state index in [0.29, 0.717) is 11.4 Å². The molecule has 0 aliphatic heterocycles. The highest BCUT2D eigenvalue weighted by Gasteiger charge is 2.16. The number of benzene rings is 1. The molecule has 0 fully saturated rings. The Balaban J connectivity index is 2.97. The van der Waals surface area contributed by atoms with Gasteiger partial charge in [-0.3, -0.25) is 4.31 Å². The molecule has 0 aliphatic rings. The van der Waals surface area contributed by atoms with Crippen molar-refractivity contribution in [3.63, 3.8) is 0 Å². The van der Waals surface area contributed by atoms with E-state index in [-0.39, 0.29) is 4.66 Å². The molecule has 0 spiro atoms. The number of nitrogens with zero attached hydrogens (tertiary/aromatic N) is 1. The molecule has 1 aromatic rings. The van der Waals surface area contributed by atoms with Crippen LogP contribution in [-0.2, 0) is 10.0 Å². The molecule has 0 heterocycles. The van der Waals surface area contributed by atoms with Crippen LogP contribution in [0.15, 0.2) is 24.3 Å². The fraction of sp³-hybridized carbons (Fsp3) is 0.333. The maximum atomic E-state index is 11.5. The van der Waals surface area contributed by atoms with Crippen molar-refractivity contribution in [3.8, 4) is 5.75 Å². The smallest absolute Gasteiger partial charge is 0.244 e. The molecule has 0 unspecified atom stereocenters. The van der Waals surface area contributed by atoms with Gasteiger partial charge in [0.2, 0.25) is 10.0 Å². The first-order chi connectivity index (χ1) is 7.01. The summed E-state index contributed by atoms with van der Waals surface area (Å²) in [5.41, 5.74) is 0.607. The average molecular weight is 294 g/mol. The van der Waals surface area contributed by atoms with Gasteiger partial charge < -0.3 is 4.74 Å². The van der Waals surface area contributed by atoms with E-state index in [1.54, 1.807) is 31.4 Å². The lowest BCUT2D eigenvalue weighted by Gasteiger charge is -2.17. The first-order valence-corrected chi connectivity index (χ1v) is 6.91. The zero-order chi connectivity index (χ0) is 11.5. The van der Waals surface area contributed by atoms with Crippen molar-refractivity contribution in [2.45, 2.75) is 0 Å². The van der Waals surface area contributed by atoms with Crippen molar-refractivity contribution in [3.05, 3.63) is 24.3 Å². The molecule has 84 valence electrons. The summed E-state index contributed by atoms with van der Waals surface area (Å²) in [5.74, 6) is 0.698. The largest absolute Gasteiger partial charge is 0.497 e. The average Bonchev–Trinajstić information content (AvgIpc) is 2.28. The van der Waals surface area contributed by atoms with E-state index in [4.69, 9.17) is 4.74 Å². The van der Waals surface area contributed by atoms with Crippen LogP contribution in [0.1, 0.15) is 0 Å². The van der Waals surface area contributed by atoms with Gasteiger partial charge in [-0.05, 0) is 24.3 Å². The highest BCUT2D eigenvalue weighted by molar-refractivity contribution is 9.10. The van der Waals surface area contributed by atoms with Crippen LogP contribution in [-0.4, -0.2) is 27.2 Å². The predicted octanol–water partition coefficient (Wildman–Crippen LogP) is 1.81. The Bertz CT molecular complexity index is 415. The van der Waals surface area contributed by atoms with Gasteiger partial charge in [0.25, 0.3) is 0 Å². The number of alkyl halides is 1. The number of rotatable bonds is 4. The lowest BCUT2D eigenvalue weighted by Crippen LogP contribution is -2.26. The number of hydrogen-bond donors (Lipinski definition) is 0. The predicted molar refractivity (Wildman–Crippen MR) is 64.1 cm³/mol. The van der Waals surface area contributed by atoms with E-state index in [1.807, 2.05) is 0 Å². The molecule has 0 bridgehead atoms. The van der Waals surface area contributed by atoms with Crippen molar-refractivity contribution in [2.75, 3.05) is 23.1 Å². The standard InChI is InChI=1S/C9H12BrNO3S/c1-11(15(12,13)7-10)8-3-5-9(14-2)6-4-8/h3-6H,7H2,1-2H3. The van der Waals surface area contributed by atoms with Gasteiger partial charge in [-0.15, -0.1) is 0 Å². The Hall–Kier alpha value is -0.750. The molecular weight excluding hydrogens is 282 g/mol. The molecule has 0 aliphatic carbocycles. The first-order valence-electron chi connectivity index (χ1n) is 4.18. The van der Waals surface area contributed by atoms with Gasteiger partial charge in [0, 0.05) is 7.05 Å². The van der Waals surface area contributed by atoms with E-state index in [1.165, 1.54) is 11.4 Å². The number of ether oxygens (including phenoxy) is 1. The Labute approximate surface area is 98.0 Å². The molecule has 1 aromatic carbocycles. The summed E-state index contributed by atoms with van der Waals surface area (Å²) in [4.78, 5) is 0. The van der Waals surface area contributed by atoms with Crippen LogP contribution in [0.4, 0.5) is 5.69 Å². The second-order valence-corrected chi connectivity index (χ2v) is 6.19. The van der Waals surface area contributed by atoms with Crippen LogP contribution in [0.3, 0.4) is 0 Å². The van der Waals surface area contributed by atoms with Crippen molar-refractivity contribution in [1.82, 2.24) is 0 Å². The van der Waals surface area contributed by atoms with Gasteiger partial charge in [-0.1, -0.05) is 15.9 Å². The summed E-state index contributed by atoms with van der Waals surface area (Å²) in [5, 5.41) is 0. The fourth-order valence-corrected chi connectivity index (χ4v) is 2.54. The zero-order valence-corrected chi connectivity index (χ0v) is 10.9. The molecule has 1 rings (SSSR count). The number of methoxy groups -OCH3 is 1. The number of anilines is 1. The quantitative estimate of drug-likeness (QED) is 0.796. The summed E-state index contributed by atoms with van der Waals surface area (Å²) < 4.78 is 29.1. The summed E-state index contributed by atoms with van der Waals surface area (Å²) >= 11 is 2.94. The van der Waals surface area contributed by atoms with E-state index in [0.717, 1.165) is 0 Å². The van der Waals surface area contributed by atoms with Gasteiger partial charge in [0.05, 0.1) is 12.8 Å². The summed E-state index contributed by atoms with van der Waals surface area (Å²) in [7, 11) is -0.186. The van der Waals surface area contributed by atoms with Crippen molar-refractivity contribution >= 4 is 31.6 Å². The van der Waals surface area contributed by atoms with Crippen molar-refractivity contribution < 1.29 is 13.2 Å². The van der Waals surface area contributed by atoms with Gasteiger partial charge in [-0.2, -0.15) is 0 Å². The minimum atomic E-state index is -3.26. The third-order valence-corrected chi connectivity index (χ3v) is 5.05. The normalized spacial score (nSPS) is 11.1. The number of halogens is 1. The second-order valence-electron chi connectivity index (χ2n) is 2.89. The molecule has 15 heavy (non-hydrogen) atoms. The highest BCUT2D eigenvalue weighted by atomic mass is 79.9. The molecule has 0 atom stereocenters. The molecule has 0 amide bonds. The van der Waals surface area contributed by atoms with Crippen LogP contribution >= 0.6 is 15.9 Å². The van der Waals surface area contributed by atoms with Crippen LogP contribution in [0, 0.1) is 0 Å². The molecule has 4 nitrogen and oxygen atoms in total. The second kappa shape index (κ2) is 4.85. The molecule has 0 N–H and O–H groups in total. The third-order valence-electron chi connectivity index (χ3n) is 1.99. The van der Waals surface area contributed by atoms with Crippen LogP contribution in [0.2, 0.25) is 0 Å². The fourth-order valence-electron chi connectivity index (χ4n) is 1.03. The summed E-state index contributed by atoms with van der Waals surface area (Å²) in [6, 6.07) is 6.82. The van der Waals surface area contributed by atoms with Gasteiger partial charge in [0.1, 0.15) is 10.4 Å². The van der Waals surface area contributed by atoms with E-state index < -0.39 is 10.0 Å². The van der Waals surface area contributed by atoms with Gasteiger partial charge >= 0.3 is 0 Å². The van der Waals surface area contributed by atoms with Gasteiger partial charge in [0.15, 0.2) is 0 Å². The Kier molecular flexibility index (Phi) is 3.98. The number of sulfonamides is 1. The molecular formula is C9H12BrNO3S. The summed E-state index contributed by atoms with van der Waals surface area (Å²) in [6.45, 7) is 0.